The fraction of sp³-hybridized carbons (Fsp3) is 0.471. The number of hydrogen-bond donors (Lipinski definition) is 1. The van der Waals surface area contributed by atoms with Crippen LogP contribution in [0.15, 0.2) is 30.9 Å². The van der Waals surface area contributed by atoms with Gasteiger partial charge in [0.1, 0.15) is 0 Å². The highest BCUT2D eigenvalue weighted by atomic mass is 16.5. The normalized spacial score (nSPS) is 17.9. The van der Waals surface area contributed by atoms with E-state index < -0.39 is 0 Å². The summed E-state index contributed by atoms with van der Waals surface area (Å²) in [5, 5.41) is 3.27. The number of hydrogen-bond acceptors (Lipinski definition) is 4. The van der Waals surface area contributed by atoms with Crippen LogP contribution in [0.5, 0.6) is 11.5 Å². The van der Waals surface area contributed by atoms with E-state index in [1.807, 2.05) is 36.1 Å². The average molecular weight is 304 g/mol. The van der Waals surface area contributed by atoms with Crippen LogP contribution in [0.3, 0.4) is 0 Å². The quantitative estimate of drug-likeness (QED) is 0.812. The molecule has 0 saturated carbocycles. The second-order valence-electron chi connectivity index (χ2n) is 5.41. The molecule has 0 radical (unpaired) electrons. The maximum absolute atomic E-state index is 12.3. The number of methoxy groups -OCH3 is 1. The van der Waals surface area contributed by atoms with E-state index >= 15 is 0 Å². The minimum absolute atomic E-state index is 0.00576. The molecule has 1 saturated heterocycles. The number of nitrogens with zero attached hydrogens (tertiary/aromatic N) is 1. The summed E-state index contributed by atoms with van der Waals surface area (Å²) < 4.78 is 11.0. The molecule has 1 amide bonds. The number of carbonyl (C=O) groups excluding carboxylic acids is 1. The second-order valence-corrected chi connectivity index (χ2v) is 5.41. The lowest BCUT2D eigenvalue weighted by Crippen LogP contribution is -2.53. The summed E-state index contributed by atoms with van der Waals surface area (Å²) in [6, 6.07) is 5.90. The van der Waals surface area contributed by atoms with E-state index in [0.29, 0.717) is 11.5 Å². The Hall–Kier alpha value is -2.01. The van der Waals surface area contributed by atoms with Crippen molar-refractivity contribution < 1.29 is 14.3 Å². The van der Waals surface area contributed by atoms with Gasteiger partial charge in [-0.05, 0) is 31.0 Å². The number of ether oxygens (including phenoxy) is 2. The molecule has 1 unspecified atom stereocenters. The van der Waals surface area contributed by atoms with E-state index in [2.05, 4.69) is 11.9 Å². The maximum atomic E-state index is 12.3. The highest BCUT2D eigenvalue weighted by Crippen LogP contribution is 2.28. The van der Waals surface area contributed by atoms with Crippen LogP contribution in [0.1, 0.15) is 12.5 Å². The standard InChI is InChI=1S/C17H24N2O3/c1-4-5-14-6-7-15(16(10-14)21-3)22-12-17(20)19-9-8-18-11-13(19)2/h4,6-7,10,13,18H,1,5,8-9,11-12H2,2-3H3. The van der Waals surface area contributed by atoms with Crippen molar-refractivity contribution in [3.63, 3.8) is 0 Å². The molecule has 120 valence electrons. The van der Waals surface area contributed by atoms with Gasteiger partial charge in [-0.2, -0.15) is 0 Å². The van der Waals surface area contributed by atoms with Gasteiger partial charge in [0.2, 0.25) is 0 Å². The summed E-state index contributed by atoms with van der Waals surface area (Å²) >= 11 is 0. The van der Waals surface area contributed by atoms with Crippen molar-refractivity contribution in [3.05, 3.63) is 36.4 Å². The van der Waals surface area contributed by atoms with Gasteiger partial charge in [-0.15, -0.1) is 6.58 Å². The zero-order valence-corrected chi connectivity index (χ0v) is 13.3. The summed E-state index contributed by atoms with van der Waals surface area (Å²) in [6.45, 7) is 8.17. The van der Waals surface area contributed by atoms with E-state index in [9.17, 15) is 4.79 Å². The summed E-state index contributed by atoms with van der Waals surface area (Å²) in [6.07, 6.45) is 2.61. The van der Waals surface area contributed by atoms with Gasteiger partial charge in [0, 0.05) is 25.7 Å². The monoisotopic (exact) mass is 304 g/mol. The number of rotatable bonds is 6. The molecule has 0 aromatic heterocycles. The third-order valence-electron chi connectivity index (χ3n) is 3.78. The van der Waals surface area contributed by atoms with Crippen LogP contribution >= 0.6 is 0 Å². The first-order chi connectivity index (χ1) is 10.7. The minimum Gasteiger partial charge on any atom is -0.493 e. The molecule has 1 heterocycles. The molecule has 22 heavy (non-hydrogen) atoms. The molecular weight excluding hydrogens is 280 g/mol. The Labute approximate surface area is 131 Å². The first-order valence-corrected chi connectivity index (χ1v) is 7.56. The lowest BCUT2D eigenvalue weighted by Gasteiger charge is -2.33. The Bertz CT molecular complexity index is 531. The Morgan fingerprint density at radius 1 is 1.50 bits per heavy atom. The van der Waals surface area contributed by atoms with Crippen LogP contribution in [0.25, 0.3) is 0 Å². The Balaban J connectivity index is 1.98. The molecule has 1 aromatic carbocycles. The van der Waals surface area contributed by atoms with Crippen LogP contribution in [-0.4, -0.2) is 50.2 Å². The first-order valence-electron chi connectivity index (χ1n) is 7.56. The summed E-state index contributed by atoms with van der Waals surface area (Å²) in [5.74, 6) is 1.23. The summed E-state index contributed by atoms with van der Waals surface area (Å²) in [5.41, 5.74) is 1.10. The molecule has 1 atom stereocenters. The van der Waals surface area contributed by atoms with Crippen LogP contribution in [0.4, 0.5) is 0 Å². The molecule has 1 aromatic rings. The van der Waals surface area contributed by atoms with E-state index in [0.717, 1.165) is 31.6 Å². The van der Waals surface area contributed by atoms with Crippen molar-refractivity contribution in [2.45, 2.75) is 19.4 Å². The largest absolute Gasteiger partial charge is 0.493 e. The smallest absolute Gasteiger partial charge is 0.260 e. The molecule has 1 N–H and O–H groups in total. The van der Waals surface area contributed by atoms with E-state index in [-0.39, 0.29) is 18.6 Å². The highest BCUT2D eigenvalue weighted by Gasteiger charge is 2.23. The van der Waals surface area contributed by atoms with Crippen molar-refractivity contribution in [3.8, 4) is 11.5 Å². The SMILES string of the molecule is C=CCc1ccc(OCC(=O)N2CCNCC2C)c(OC)c1. The van der Waals surface area contributed by atoms with Crippen LogP contribution in [0.2, 0.25) is 0 Å². The van der Waals surface area contributed by atoms with Gasteiger partial charge >= 0.3 is 0 Å². The predicted molar refractivity (Wildman–Crippen MR) is 86.4 cm³/mol. The molecule has 0 bridgehead atoms. The molecular formula is C17H24N2O3. The first kappa shape index (κ1) is 16.4. The molecule has 2 rings (SSSR count). The van der Waals surface area contributed by atoms with Gasteiger partial charge in [0.25, 0.3) is 5.91 Å². The van der Waals surface area contributed by atoms with E-state index in [1.165, 1.54) is 0 Å². The number of nitrogens with one attached hydrogen (secondary N) is 1. The number of carbonyl (C=O) groups is 1. The van der Waals surface area contributed by atoms with E-state index in [1.54, 1.807) is 7.11 Å². The molecule has 5 nitrogen and oxygen atoms in total. The van der Waals surface area contributed by atoms with Crippen molar-refractivity contribution in [2.75, 3.05) is 33.4 Å². The van der Waals surface area contributed by atoms with Crippen molar-refractivity contribution in [1.29, 1.82) is 0 Å². The van der Waals surface area contributed by atoms with E-state index in [4.69, 9.17) is 9.47 Å². The Kier molecular flexibility index (Phi) is 5.83. The van der Waals surface area contributed by atoms with Crippen molar-refractivity contribution in [1.82, 2.24) is 10.2 Å². The number of amides is 1. The van der Waals surface area contributed by atoms with Crippen molar-refractivity contribution in [2.24, 2.45) is 0 Å². The average Bonchev–Trinajstić information content (AvgIpc) is 2.54. The fourth-order valence-corrected chi connectivity index (χ4v) is 2.56. The van der Waals surface area contributed by atoms with Gasteiger partial charge in [-0.3, -0.25) is 4.79 Å². The van der Waals surface area contributed by atoms with Gasteiger partial charge < -0.3 is 19.7 Å². The fourth-order valence-electron chi connectivity index (χ4n) is 2.56. The highest BCUT2D eigenvalue weighted by molar-refractivity contribution is 5.78. The lowest BCUT2D eigenvalue weighted by atomic mass is 10.1. The topological polar surface area (TPSA) is 50.8 Å². The maximum Gasteiger partial charge on any atom is 0.260 e. The predicted octanol–water partition coefficient (Wildman–Crippen LogP) is 1.62. The Morgan fingerprint density at radius 3 is 3.00 bits per heavy atom. The molecule has 5 heteroatoms. The van der Waals surface area contributed by atoms with Gasteiger partial charge in [0.05, 0.1) is 7.11 Å². The molecule has 1 fully saturated rings. The van der Waals surface area contributed by atoms with Crippen LogP contribution in [0, 0.1) is 0 Å². The summed E-state index contributed by atoms with van der Waals surface area (Å²) in [7, 11) is 1.60. The summed E-state index contributed by atoms with van der Waals surface area (Å²) in [4.78, 5) is 14.1. The third kappa shape index (κ3) is 4.01. The Morgan fingerprint density at radius 2 is 2.32 bits per heavy atom. The molecule has 0 spiro atoms. The zero-order chi connectivity index (χ0) is 15.9. The van der Waals surface area contributed by atoms with Gasteiger partial charge in [0.15, 0.2) is 18.1 Å². The minimum atomic E-state index is 0.00576. The second kappa shape index (κ2) is 7.84. The number of benzene rings is 1. The van der Waals surface area contributed by atoms with Gasteiger partial charge in [-0.25, -0.2) is 0 Å². The molecule has 1 aliphatic heterocycles. The molecule has 1 aliphatic rings. The van der Waals surface area contributed by atoms with Crippen molar-refractivity contribution >= 4 is 5.91 Å². The third-order valence-corrected chi connectivity index (χ3v) is 3.78. The van der Waals surface area contributed by atoms with Crippen LogP contribution in [-0.2, 0) is 11.2 Å². The lowest BCUT2D eigenvalue weighted by molar-refractivity contribution is -0.136. The number of allylic oxidation sites excluding steroid dienone is 1. The van der Waals surface area contributed by atoms with Crippen LogP contribution < -0.4 is 14.8 Å². The zero-order valence-electron chi connectivity index (χ0n) is 13.3. The van der Waals surface area contributed by atoms with Gasteiger partial charge in [-0.1, -0.05) is 12.1 Å². The molecule has 0 aliphatic carbocycles. The number of piperazine rings is 1.